The number of thiazole rings is 1. The van der Waals surface area contributed by atoms with E-state index in [9.17, 15) is 8.78 Å². The Morgan fingerprint density at radius 1 is 1.31 bits per heavy atom. The Morgan fingerprint density at radius 3 is 2.73 bits per heavy atom. The Bertz CT molecular complexity index is 697. The zero-order chi connectivity index (χ0) is 18.1. The van der Waals surface area contributed by atoms with Crippen molar-refractivity contribution in [2.24, 2.45) is 4.99 Å². The number of ether oxygens (including phenoxy) is 1. The number of nitrogens with one attached hydrogen (secondary N) is 2. The van der Waals surface area contributed by atoms with E-state index in [1.807, 2.05) is 19.2 Å². The molecule has 0 atom stereocenters. The number of alkyl halides is 2. The van der Waals surface area contributed by atoms with Gasteiger partial charge >= 0.3 is 6.61 Å². The van der Waals surface area contributed by atoms with Crippen LogP contribution in [0.4, 0.5) is 8.78 Å². The molecule has 9 heteroatoms. The van der Waals surface area contributed by atoms with Crippen LogP contribution in [0.1, 0.15) is 23.2 Å². The molecule has 0 amide bonds. The Hall–Kier alpha value is -1.49. The molecular formula is C17H23F2IN4OS. The monoisotopic (exact) mass is 496 g/mol. The fourth-order valence-electron chi connectivity index (χ4n) is 2.18. The van der Waals surface area contributed by atoms with Crippen LogP contribution >= 0.6 is 35.3 Å². The van der Waals surface area contributed by atoms with Gasteiger partial charge in [0.05, 0.1) is 17.2 Å². The molecule has 0 aliphatic carbocycles. The number of aryl methyl sites for hydroxylation is 1. The van der Waals surface area contributed by atoms with E-state index in [0.717, 1.165) is 17.1 Å². The third-order valence-electron chi connectivity index (χ3n) is 3.28. The number of aliphatic imine (C=N–C) groups is 1. The van der Waals surface area contributed by atoms with Crippen LogP contribution in [0, 0.1) is 6.92 Å². The highest BCUT2D eigenvalue weighted by Gasteiger charge is 2.09. The Morgan fingerprint density at radius 2 is 2.08 bits per heavy atom. The van der Waals surface area contributed by atoms with Gasteiger partial charge in [-0.3, -0.25) is 0 Å². The zero-order valence-corrected chi connectivity index (χ0v) is 17.8. The quantitative estimate of drug-likeness (QED) is 0.330. The van der Waals surface area contributed by atoms with Crippen molar-refractivity contribution < 1.29 is 13.5 Å². The topological polar surface area (TPSA) is 58.5 Å². The highest BCUT2D eigenvalue weighted by atomic mass is 127. The predicted octanol–water partition coefficient (Wildman–Crippen LogP) is 3.97. The van der Waals surface area contributed by atoms with Crippen molar-refractivity contribution in [1.82, 2.24) is 15.6 Å². The Balaban J connectivity index is 0.00000338. The third kappa shape index (κ3) is 7.81. The van der Waals surface area contributed by atoms with Crippen molar-refractivity contribution in [1.29, 1.82) is 0 Å². The standard InChI is InChI=1S/C17H22F2N4OS.HI/c1-3-20-17(21-9-8-14-11-25-12(2)23-14)22-10-13-6-4-5-7-15(13)24-16(18)19;/h4-7,11,16H,3,8-10H2,1-2H3,(H2,20,21,22);1H. The summed E-state index contributed by atoms with van der Waals surface area (Å²) in [6.45, 7) is 2.73. The molecule has 2 N–H and O–H groups in total. The lowest BCUT2D eigenvalue weighted by atomic mass is 10.2. The van der Waals surface area contributed by atoms with Crippen LogP contribution in [-0.2, 0) is 13.0 Å². The number of para-hydroxylation sites is 1. The molecule has 1 aromatic heterocycles. The van der Waals surface area contributed by atoms with Crippen molar-refractivity contribution in [3.63, 3.8) is 0 Å². The molecule has 0 aliphatic rings. The largest absolute Gasteiger partial charge is 0.434 e. The van der Waals surface area contributed by atoms with Gasteiger partial charge in [0.25, 0.3) is 0 Å². The van der Waals surface area contributed by atoms with Gasteiger partial charge in [0.2, 0.25) is 0 Å². The van der Waals surface area contributed by atoms with Crippen molar-refractivity contribution in [3.8, 4) is 5.75 Å². The summed E-state index contributed by atoms with van der Waals surface area (Å²) in [6, 6.07) is 6.67. The molecule has 0 fully saturated rings. The van der Waals surface area contributed by atoms with E-state index < -0.39 is 6.61 Å². The molecule has 0 bridgehead atoms. The highest BCUT2D eigenvalue weighted by molar-refractivity contribution is 14.0. The van der Waals surface area contributed by atoms with Gasteiger partial charge in [0, 0.05) is 30.5 Å². The lowest BCUT2D eigenvalue weighted by Crippen LogP contribution is -2.38. The normalized spacial score (nSPS) is 11.2. The Kier molecular flexibility index (Phi) is 10.4. The minimum Gasteiger partial charge on any atom is -0.434 e. The molecule has 0 unspecified atom stereocenters. The fourth-order valence-corrected chi connectivity index (χ4v) is 2.83. The number of hydrogen-bond donors (Lipinski definition) is 2. The third-order valence-corrected chi connectivity index (χ3v) is 4.10. The van der Waals surface area contributed by atoms with Gasteiger partial charge < -0.3 is 15.4 Å². The van der Waals surface area contributed by atoms with Gasteiger partial charge in [-0.15, -0.1) is 35.3 Å². The second-order valence-corrected chi connectivity index (χ2v) is 6.28. The lowest BCUT2D eigenvalue weighted by molar-refractivity contribution is -0.0504. The first-order valence-electron chi connectivity index (χ1n) is 8.04. The van der Waals surface area contributed by atoms with Gasteiger partial charge in [0.1, 0.15) is 5.75 Å². The number of aromatic nitrogens is 1. The molecule has 144 valence electrons. The van der Waals surface area contributed by atoms with Gasteiger partial charge in [-0.2, -0.15) is 8.78 Å². The second kappa shape index (κ2) is 12.0. The molecule has 1 aromatic carbocycles. The Labute approximate surface area is 173 Å². The van der Waals surface area contributed by atoms with Gasteiger partial charge in [-0.05, 0) is 19.9 Å². The molecule has 0 spiro atoms. The van der Waals surface area contributed by atoms with Crippen LogP contribution in [0.5, 0.6) is 5.75 Å². The van der Waals surface area contributed by atoms with Gasteiger partial charge in [-0.1, -0.05) is 18.2 Å². The first-order chi connectivity index (χ1) is 12.1. The van der Waals surface area contributed by atoms with Crippen molar-refractivity contribution >= 4 is 41.3 Å². The maximum absolute atomic E-state index is 12.5. The molecule has 26 heavy (non-hydrogen) atoms. The second-order valence-electron chi connectivity index (χ2n) is 5.22. The van der Waals surface area contributed by atoms with E-state index in [0.29, 0.717) is 24.6 Å². The number of nitrogens with zero attached hydrogens (tertiary/aromatic N) is 2. The van der Waals surface area contributed by atoms with Crippen LogP contribution in [-0.4, -0.2) is 30.6 Å². The molecule has 2 aromatic rings. The van der Waals surface area contributed by atoms with Gasteiger partial charge in [0.15, 0.2) is 5.96 Å². The molecule has 0 radical (unpaired) electrons. The van der Waals surface area contributed by atoms with Crippen molar-refractivity contribution in [2.75, 3.05) is 13.1 Å². The number of guanidine groups is 1. The summed E-state index contributed by atoms with van der Waals surface area (Å²) in [6.07, 6.45) is 0.792. The maximum Gasteiger partial charge on any atom is 0.387 e. The summed E-state index contributed by atoms with van der Waals surface area (Å²) in [7, 11) is 0. The molecule has 5 nitrogen and oxygen atoms in total. The lowest BCUT2D eigenvalue weighted by Gasteiger charge is -2.12. The number of halogens is 3. The fraction of sp³-hybridized carbons (Fsp3) is 0.412. The maximum atomic E-state index is 12.5. The number of hydrogen-bond acceptors (Lipinski definition) is 4. The molecule has 0 saturated carbocycles. The average Bonchev–Trinajstić information content (AvgIpc) is 2.98. The van der Waals surface area contributed by atoms with E-state index in [2.05, 4.69) is 25.3 Å². The van der Waals surface area contributed by atoms with E-state index in [-0.39, 0.29) is 36.3 Å². The smallest absolute Gasteiger partial charge is 0.387 e. The minimum absolute atomic E-state index is 0. The summed E-state index contributed by atoms with van der Waals surface area (Å²) in [5, 5.41) is 9.45. The molecule has 0 saturated heterocycles. The summed E-state index contributed by atoms with van der Waals surface area (Å²) in [5.74, 6) is 0.774. The van der Waals surface area contributed by atoms with E-state index in [4.69, 9.17) is 0 Å². The predicted molar refractivity (Wildman–Crippen MR) is 112 cm³/mol. The SMILES string of the molecule is CCNC(=NCc1ccccc1OC(F)F)NCCc1csc(C)n1.I. The number of rotatable bonds is 8. The van der Waals surface area contributed by atoms with Crippen molar-refractivity contribution in [3.05, 3.63) is 45.9 Å². The van der Waals surface area contributed by atoms with Crippen LogP contribution in [0.15, 0.2) is 34.6 Å². The number of benzene rings is 1. The molecular weight excluding hydrogens is 473 g/mol. The van der Waals surface area contributed by atoms with Crippen LogP contribution in [0.2, 0.25) is 0 Å². The van der Waals surface area contributed by atoms with Crippen LogP contribution in [0.25, 0.3) is 0 Å². The van der Waals surface area contributed by atoms with Gasteiger partial charge in [-0.25, -0.2) is 9.98 Å². The van der Waals surface area contributed by atoms with Crippen LogP contribution < -0.4 is 15.4 Å². The molecule has 1 heterocycles. The van der Waals surface area contributed by atoms with E-state index >= 15 is 0 Å². The van der Waals surface area contributed by atoms with Crippen LogP contribution in [0.3, 0.4) is 0 Å². The first kappa shape index (κ1) is 22.6. The summed E-state index contributed by atoms with van der Waals surface area (Å²) >= 11 is 1.63. The summed E-state index contributed by atoms with van der Waals surface area (Å²) in [5.41, 5.74) is 1.65. The van der Waals surface area contributed by atoms with E-state index in [1.54, 1.807) is 29.5 Å². The average molecular weight is 496 g/mol. The summed E-state index contributed by atoms with van der Waals surface area (Å²) < 4.78 is 29.5. The molecule has 0 aliphatic heterocycles. The summed E-state index contributed by atoms with van der Waals surface area (Å²) in [4.78, 5) is 8.86. The van der Waals surface area contributed by atoms with Crippen molar-refractivity contribution in [2.45, 2.75) is 33.4 Å². The van der Waals surface area contributed by atoms with E-state index in [1.165, 1.54) is 6.07 Å². The zero-order valence-electron chi connectivity index (χ0n) is 14.7. The highest BCUT2D eigenvalue weighted by Crippen LogP contribution is 2.20. The minimum atomic E-state index is -2.85. The molecule has 2 rings (SSSR count). The first-order valence-corrected chi connectivity index (χ1v) is 8.92.